The van der Waals surface area contributed by atoms with E-state index in [0.29, 0.717) is 5.41 Å². The average Bonchev–Trinajstić information content (AvgIpc) is 2.84. The fraction of sp³-hybridized carbons (Fsp3) is 0.667. The van der Waals surface area contributed by atoms with Gasteiger partial charge in [-0.3, -0.25) is 4.90 Å². The van der Waals surface area contributed by atoms with E-state index in [4.69, 9.17) is 5.73 Å². The van der Waals surface area contributed by atoms with Crippen LogP contribution in [0, 0.1) is 5.41 Å². The molecule has 1 heterocycles. The van der Waals surface area contributed by atoms with Crippen LogP contribution in [0.2, 0.25) is 0 Å². The summed E-state index contributed by atoms with van der Waals surface area (Å²) in [4.78, 5) is 3.98. The number of hydrogen-bond donors (Lipinski definition) is 1. The minimum Gasteiger partial charge on any atom is -0.330 e. The van der Waals surface area contributed by atoms with Crippen LogP contribution in [0.4, 0.5) is 0 Å². The number of hydrogen-bond acceptors (Lipinski definition) is 3. The van der Waals surface area contributed by atoms with Crippen molar-refractivity contribution in [2.24, 2.45) is 11.1 Å². The van der Waals surface area contributed by atoms with E-state index in [1.807, 2.05) is 11.3 Å². The molecule has 0 spiro atoms. The first-order valence-corrected chi connectivity index (χ1v) is 6.61. The van der Waals surface area contributed by atoms with Crippen LogP contribution in [0.25, 0.3) is 0 Å². The molecule has 15 heavy (non-hydrogen) atoms. The molecule has 0 aromatic carbocycles. The predicted octanol–water partition coefficient (Wildman–Crippen LogP) is 2.31. The molecule has 0 unspecified atom stereocenters. The van der Waals surface area contributed by atoms with Gasteiger partial charge < -0.3 is 5.73 Å². The molecule has 0 aliphatic heterocycles. The van der Waals surface area contributed by atoms with E-state index in [1.165, 1.54) is 24.3 Å². The van der Waals surface area contributed by atoms with Crippen molar-refractivity contribution in [2.45, 2.75) is 26.3 Å². The third-order valence-corrected chi connectivity index (χ3v) is 4.22. The predicted molar refractivity (Wildman–Crippen MR) is 66.0 cm³/mol. The molecule has 2 nitrogen and oxygen atoms in total. The van der Waals surface area contributed by atoms with Crippen molar-refractivity contribution in [3.05, 3.63) is 22.4 Å². The van der Waals surface area contributed by atoms with E-state index in [1.54, 1.807) is 0 Å². The van der Waals surface area contributed by atoms with Crippen LogP contribution >= 0.6 is 11.3 Å². The Hall–Kier alpha value is -0.380. The number of nitrogens with two attached hydrogens (primary N) is 1. The highest BCUT2D eigenvalue weighted by Gasteiger charge is 2.42. The molecular formula is C12H20N2S. The van der Waals surface area contributed by atoms with E-state index in [0.717, 1.165) is 19.6 Å². The van der Waals surface area contributed by atoms with Gasteiger partial charge >= 0.3 is 0 Å². The molecule has 0 amide bonds. The zero-order chi connectivity index (χ0) is 10.7. The quantitative estimate of drug-likeness (QED) is 0.803. The van der Waals surface area contributed by atoms with E-state index >= 15 is 0 Å². The third kappa shape index (κ3) is 2.80. The zero-order valence-electron chi connectivity index (χ0n) is 9.41. The number of thiophene rings is 1. The van der Waals surface area contributed by atoms with Crippen molar-refractivity contribution >= 4 is 11.3 Å². The van der Waals surface area contributed by atoms with Gasteiger partial charge in [-0.05, 0) is 42.8 Å². The Bertz CT molecular complexity index is 291. The summed E-state index contributed by atoms with van der Waals surface area (Å²) < 4.78 is 0. The molecule has 1 aromatic rings. The highest BCUT2D eigenvalue weighted by molar-refractivity contribution is 7.09. The van der Waals surface area contributed by atoms with Gasteiger partial charge in [0.15, 0.2) is 0 Å². The summed E-state index contributed by atoms with van der Waals surface area (Å²) in [5.41, 5.74) is 6.29. The molecule has 2 rings (SSSR count). The van der Waals surface area contributed by atoms with Gasteiger partial charge in [0.05, 0.1) is 0 Å². The standard InChI is InChI=1S/C12H20N2S/c1-2-14(8-11-4-3-7-15-11)10-12(9-13)5-6-12/h3-4,7H,2,5-6,8-10,13H2,1H3. The summed E-state index contributed by atoms with van der Waals surface area (Å²) in [5.74, 6) is 0. The molecule has 0 saturated heterocycles. The van der Waals surface area contributed by atoms with Gasteiger partial charge in [-0.1, -0.05) is 13.0 Å². The molecule has 0 bridgehead atoms. The minimum atomic E-state index is 0.466. The Morgan fingerprint density at radius 2 is 2.33 bits per heavy atom. The van der Waals surface area contributed by atoms with Crippen molar-refractivity contribution in [1.29, 1.82) is 0 Å². The fourth-order valence-electron chi connectivity index (χ4n) is 1.98. The summed E-state index contributed by atoms with van der Waals surface area (Å²) in [5, 5.41) is 2.15. The summed E-state index contributed by atoms with van der Waals surface area (Å²) in [6.45, 7) is 6.49. The maximum Gasteiger partial charge on any atom is 0.0328 e. The molecule has 1 aliphatic rings. The normalized spacial score (nSPS) is 18.3. The van der Waals surface area contributed by atoms with Crippen molar-refractivity contribution in [1.82, 2.24) is 4.90 Å². The topological polar surface area (TPSA) is 29.3 Å². The molecule has 3 heteroatoms. The van der Waals surface area contributed by atoms with E-state index < -0.39 is 0 Å². The second kappa shape index (κ2) is 4.64. The molecule has 1 saturated carbocycles. The second-order valence-corrected chi connectivity index (χ2v) is 5.62. The highest BCUT2D eigenvalue weighted by atomic mass is 32.1. The molecular weight excluding hydrogens is 204 g/mol. The van der Waals surface area contributed by atoms with Gasteiger partial charge in [0.25, 0.3) is 0 Å². The maximum absolute atomic E-state index is 5.82. The fourth-order valence-corrected chi connectivity index (χ4v) is 2.73. The van der Waals surface area contributed by atoms with Gasteiger partial charge in [-0.25, -0.2) is 0 Å². The molecule has 0 atom stereocenters. The van der Waals surface area contributed by atoms with Crippen molar-refractivity contribution in [2.75, 3.05) is 19.6 Å². The van der Waals surface area contributed by atoms with Gasteiger partial charge in [0.1, 0.15) is 0 Å². The van der Waals surface area contributed by atoms with Gasteiger partial charge in [0, 0.05) is 18.0 Å². The van der Waals surface area contributed by atoms with Crippen LogP contribution in [-0.2, 0) is 6.54 Å². The minimum absolute atomic E-state index is 0.466. The van der Waals surface area contributed by atoms with Crippen LogP contribution in [0.3, 0.4) is 0 Å². The number of nitrogens with zero attached hydrogens (tertiary/aromatic N) is 1. The zero-order valence-corrected chi connectivity index (χ0v) is 10.2. The SMILES string of the molecule is CCN(Cc1cccs1)CC1(CN)CC1. The van der Waals surface area contributed by atoms with Crippen LogP contribution in [-0.4, -0.2) is 24.5 Å². The second-order valence-electron chi connectivity index (χ2n) is 4.59. The molecule has 0 radical (unpaired) electrons. The Balaban J connectivity index is 1.88. The average molecular weight is 224 g/mol. The van der Waals surface area contributed by atoms with Crippen molar-refractivity contribution in [3.8, 4) is 0 Å². The lowest BCUT2D eigenvalue weighted by Crippen LogP contribution is -2.33. The van der Waals surface area contributed by atoms with Crippen LogP contribution in [0.5, 0.6) is 0 Å². The third-order valence-electron chi connectivity index (χ3n) is 3.36. The molecule has 84 valence electrons. The Labute approximate surface area is 96.1 Å². The largest absolute Gasteiger partial charge is 0.330 e. The summed E-state index contributed by atoms with van der Waals surface area (Å²) in [6, 6.07) is 4.35. The molecule has 1 fully saturated rings. The Morgan fingerprint density at radius 3 is 2.80 bits per heavy atom. The molecule has 1 aromatic heterocycles. The highest BCUT2D eigenvalue weighted by Crippen LogP contribution is 2.45. The van der Waals surface area contributed by atoms with E-state index in [-0.39, 0.29) is 0 Å². The van der Waals surface area contributed by atoms with E-state index in [2.05, 4.69) is 29.3 Å². The first-order valence-electron chi connectivity index (χ1n) is 5.73. The summed E-state index contributed by atoms with van der Waals surface area (Å²) >= 11 is 1.85. The smallest absolute Gasteiger partial charge is 0.0328 e. The first-order chi connectivity index (χ1) is 7.28. The Kier molecular flexibility index (Phi) is 3.44. The number of rotatable bonds is 6. The summed E-state index contributed by atoms with van der Waals surface area (Å²) in [6.07, 6.45) is 2.65. The van der Waals surface area contributed by atoms with Crippen LogP contribution in [0.1, 0.15) is 24.6 Å². The van der Waals surface area contributed by atoms with Crippen molar-refractivity contribution in [3.63, 3.8) is 0 Å². The van der Waals surface area contributed by atoms with Gasteiger partial charge in [-0.2, -0.15) is 0 Å². The first kappa shape index (κ1) is 11.1. The Morgan fingerprint density at radius 1 is 1.53 bits per heavy atom. The van der Waals surface area contributed by atoms with E-state index in [9.17, 15) is 0 Å². The maximum atomic E-state index is 5.82. The molecule has 2 N–H and O–H groups in total. The lowest BCUT2D eigenvalue weighted by atomic mass is 10.1. The summed E-state index contributed by atoms with van der Waals surface area (Å²) in [7, 11) is 0. The molecule has 1 aliphatic carbocycles. The van der Waals surface area contributed by atoms with Gasteiger partial charge in [0.2, 0.25) is 0 Å². The van der Waals surface area contributed by atoms with Crippen LogP contribution in [0.15, 0.2) is 17.5 Å². The van der Waals surface area contributed by atoms with Gasteiger partial charge in [-0.15, -0.1) is 11.3 Å². The lowest BCUT2D eigenvalue weighted by Gasteiger charge is -2.24. The van der Waals surface area contributed by atoms with Crippen molar-refractivity contribution < 1.29 is 0 Å². The van der Waals surface area contributed by atoms with Crippen LogP contribution < -0.4 is 5.73 Å². The monoisotopic (exact) mass is 224 g/mol. The lowest BCUT2D eigenvalue weighted by molar-refractivity contribution is 0.226.